The van der Waals surface area contributed by atoms with Crippen molar-refractivity contribution in [2.45, 2.75) is 6.18 Å². The molecule has 13 heavy (non-hydrogen) atoms. The van der Waals surface area contributed by atoms with Gasteiger partial charge in [0.25, 0.3) is 5.91 Å². The van der Waals surface area contributed by atoms with E-state index in [1.54, 1.807) is 0 Å². The van der Waals surface area contributed by atoms with Crippen LogP contribution in [0.5, 0.6) is 0 Å². The fourth-order valence-corrected chi connectivity index (χ4v) is 0.748. The molecular formula is C7H6F3NO2. The molecule has 0 saturated heterocycles. The first-order chi connectivity index (χ1) is 5.95. The van der Waals surface area contributed by atoms with E-state index in [1.165, 1.54) is 7.05 Å². The summed E-state index contributed by atoms with van der Waals surface area (Å²) in [5.41, 5.74) is -0.144. The maximum absolute atomic E-state index is 11.9. The van der Waals surface area contributed by atoms with E-state index in [-0.39, 0.29) is 5.56 Å². The predicted molar refractivity (Wildman–Crippen MR) is 37.1 cm³/mol. The molecule has 0 aromatic carbocycles. The summed E-state index contributed by atoms with van der Waals surface area (Å²) in [6.07, 6.45) is -3.78. The Labute approximate surface area is 71.5 Å². The van der Waals surface area contributed by atoms with E-state index in [1.807, 2.05) is 0 Å². The fraction of sp³-hybridized carbons (Fsp3) is 0.286. The lowest BCUT2D eigenvalue weighted by atomic mass is 10.3. The monoisotopic (exact) mass is 193 g/mol. The molecule has 1 N–H and O–H groups in total. The molecule has 0 aliphatic carbocycles. The zero-order valence-corrected chi connectivity index (χ0v) is 6.61. The molecule has 72 valence electrons. The zero-order valence-electron chi connectivity index (χ0n) is 6.61. The topological polar surface area (TPSA) is 42.2 Å². The average Bonchev–Trinajstić information content (AvgIpc) is 2.50. The molecule has 0 fully saturated rings. The smallest absolute Gasteiger partial charge is 0.449 e. The molecule has 6 heteroatoms. The second kappa shape index (κ2) is 3.12. The highest BCUT2D eigenvalue weighted by Gasteiger charge is 2.35. The Balaban J connectivity index is 2.93. The normalized spacial score (nSPS) is 11.4. The molecule has 0 spiro atoms. The molecule has 0 bridgehead atoms. The van der Waals surface area contributed by atoms with Gasteiger partial charge >= 0.3 is 6.18 Å². The maximum atomic E-state index is 11.9. The Morgan fingerprint density at radius 2 is 2.15 bits per heavy atom. The molecule has 0 saturated carbocycles. The van der Waals surface area contributed by atoms with Crippen LogP contribution >= 0.6 is 0 Å². The summed E-state index contributed by atoms with van der Waals surface area (Å²) in [5.74, 6) is -1.79. The third-order valence-electron chi connectivity index (χ3n) is 1.37. The Morgan fingerprint density at radius 1 is 1.54 bits per heavy atom. The molecule has 0 aliphatic rings. The van der Waals surface area contributed by atoms with E-state index in [9.17, 15) is 18.0 Å². The van der Waals surface area contributed by atoms with Gasteiger partial charge in [0, 0.05) is 13.1 Å². The van der Waals surface area contributed by atoms with Crippen LogP contribution in [0, 0.1) is 0 Å². The van der Waals surface area contributed by atoms with Gasteiger partial charge < -0.3 is 9.73 Å². The quantitative estimate of drug-likeness (QED) is 0.736. The van der Waals surface area contributed by atoms with E-state index in [0.717, 1.165) is 6.26 Å². The molecule has 1 aromatic heterocycles. The van der Waals surface area contributed by atoms with Gasteiger partial charge in [-0.3, -0.25) is 4.79 Å². The number of nitrogens with one attached hydrogen (secondary N) is 1. The zero-order chi connectivity index (χ0) is 10.1. The minimum Gasteiger partial charge on any atom is -0.459 e. The van der Waals surface area contributed by atoms with Crippen LogP contribution in [0.2, 0.25) is 0 Å². The predicted octanol–water partition coefficient (Wildman–Crippen LogP) is 1.66. The minimum absolute atomic E-state index is 0.144. The van der Waals surface area contributed by atoms with Crippen LogP contribution < -0.4 is 5.32 Å². The van der Waals surface area contributed by atoms with Crippen molar-refractivity contribution in [3.63, 3.8) is 0 Å². The third-order valence-corrected chi connectivity index (χ3v) is 1.37. The molecule has 1 amide bonds. The van der Waals surface area contributed by atoms with Crippen LogP contribution in [0.15, 0.2) is 16.7 Å². The van der Waals surface area contributed by atoms with Crippen LogP contribution in [-0.2, 0) is 6.18 Å². The molecule has 0 radical (unpaired) electrons. The first-order valence-electron chi connectivity index (χ1n) is 3.33. The number of hydrogen-bond acceptors (Lipinski definition) is 2. The second-order valence-corrected chi connectivity index (χ2v) is 2.28. The number of carbonyl (C=O) groups is 1. The van der Waals surface area contributed by atoms with Crippen LogP contribution in [0.25, 0.3) is 0 Å². The van der Waals surface area contributed by atoms with Crippen molar-refractivity contribution in [2.75, 3.05) is 7.05 Å². The lowest BCUT2D eigenvalue weighted by Crippen LogP contribution is -2.16. The Kier molecular flexibility index (Phi) is 2.31. The van der Waals surface area contributed by atoms with Gasteiger partial charge in [-0.05, 0) is 0 Å². The lowest BCUT2D eigenvalue weighted by molar-refractivity contribution is -0.153. The van der Waals surface area contributed by atoms with Crippen molar-refractivity contribution in [3.8, 4) is 0 Å². The number of rotatable bonds is 1. The number of carbonyl (C=O) groups excluding carboxylic acids is 1. The molecule has 0 aliphatic heterocycles. The molecule has 3 nitrogen and oxygen atoms in total. The van der Waals surface area contributed by atoms with Gasteiger partial charge in [-0.2, -0.15) is 13.2 Å². The van der Waals surface area contributed by atoms with Gasteiger partial charge in [0.2, 0.25) is 5.76 Å². The van der Waals surface area contributed by atoms with E-state index < -0.39 is 17.8 Å². The largest absolute Gasteiger partial charge is 0.459 e. The fourth-order valence-electron chi connectivity index (χ4n) is 0.748. The van der Waals surface area contributed by atoms with E-state index >= 15 is 0 Å². The number of halogens is 3. The summed E-state index contributed by atoms with van der Waals surface area (Å²) in [4.78, 5) is 10.8. The van der Waals surface area contributed by atoms with Crippen molar-refractivity contribution in [1.82, 2.24) is 5.32 Å². The summed E-state index contributed by atoms with van der Waals surface area (Å²) in [6, 6.07) is 0.652. The number of amides is 1. The van der Waals surface area contributed by atoms with E-state index in [4.69, 9.17) is 0 Å². The van der Waals surface area contributed by atoms with Gasteiger partial charge in [-0.1, -0.05) is 0 Å². The van der Waals surface area contributed by atoms with Crippen molar-refractivity contribution in [3.05, 3.63) is 23.7 Å². The van der Waals surface area contributed by atoms with Gasteiger partial charge in [-0.15, -0.1) is 0 Å². The molecule has 0 atom stereocenters. The minimum atomic E-state index is -4.55. The Bertz CT molecular complexity index is 316. The van der Waals surface area contributed by atoms with E-state index in [0.29, 0.717) is 6.07 Å². The van der Waals surface area contributed by atoms with Crippen molar-refractivity contribution in [1.29, 1.82) is 0 Å². The summed E-state index contributed by atoms with van der Waals surface area (Å²) < 4.78 is 40.0. The highest BCUT2D eigenvalue weighted by molar-refractivity contribution is 5.93. The number of hydrogen-bond donors (Lipinski definition) is 1. The first-order valence-corrected chi connectivity index (χ1v) is 3.33. The van der Waals surface area contributed by atoms with Crippen LogP contribution in [0.4, 0.5) is 13.2 Å². The van der Waals surface area contributed by atoms with E-state index in [2.05, 4.69) is 9.73 Å². The van der Waals surface area contributed by atoms with Gasteiger partial charge in [0.1, 0.15) is 6.26 Å². The van der Waals surface area contributed by atoms with Crippen molar-refractivity contribution in [2.24, 2.45) is 0 Å². The van der Waals surface area contributed by atoms with Gasteiger partial charge in [-0.25, -0.2) is 0 Å². The number of alkyl halides is 3. The summed E-state index contributed by atoms with van der Waals surface area (Å²) in [5, 5.41) is 2.18. The molecular weight excluding hydrogens is 187 g/mol. The van der Waals surface area contributed by atoms with Gasteiger partial charge in [0.15, 0.2) is 0 Å². The molecule has 1 aromatic rings. The third kappa shape index (κ3) is 2.01. The highest BCUT2D eigenvalue weighted by atomic mass is 19.4. The molecule has 1 heterocycles. The van der Waals surface area contributed by atoms with Crippen LogP contribution in [-0.4, -0.2) is 13.0 Å². The second-order valence-electron chi connectivity index (χ2n) is 2.28. The summed E-state index contributed by atoms with van der Waals surface area (Å²) in [6.45, 7) is 0. The van der Waals surface area contributed by atoms with Crippen molar-refractivity contribution < 1.29 is 22.4 Å². The summed E-state index contributed by atoms with van der Waals surface area (Å²) in [7, 11) is 1.32. The van der Waals surface area contributed by atoms with Crippen molar-refractivity contribution >= 4 is 5.91 Å². The SMILES string of the molecule is CNC(=O)c1coc(C(F)(F)F)c1. The molecule has 0 unspecified atom stereocenters. The lowest BCUT2D eigenvalue weighted by Gasteiger charge is -1.98. The highest BCUT2D eigenvalue weighted by Crippen LogP contribution is 2.30. The van der Waals surface area contributed by atoms with Gasteiger partial charge in [0.05, 0.1) is 5.56 Å². The maximum Gasteiger partial charge on any atom is 0.449 e. The average molecular weight is 193 g/mol. The first kappa shape index (κ1) is 9.63. The Hall–Kier alpha value is -1.46. The molecule has 1 rings (SSSR count). The van der Waals surface area contributed by atoms with Crippen LogP contribution in [0.1, 0.15) is 16.1 Å². The standard InChI is InChI=1S/C7H6F3NO2/c1-11-6(12)4-2-5(13-3-4)7(8,9)10/h2-3H,1H3,(H,11,12). The summed E-state index contributed by atoms with van der Waals surface area (Å²) >= 11 is 0. The number of furan rings is 1. The Morgan fingerprint density at radius 3 is 2.54 bits per heavy atom. The van der Waals surface area contributed by atoms with Crippen LogP contribution in [0.3, 0.4) is 0 Å².